The summed E-state index contributed by atoms with van der Waals surface area (Å²) in [6.45, 7) is 0. The first kappa shape index (κ1) is 13.8. The molecule has 5 heteroatoms. The molecule has 2 aliphatic heterocycles. The lowest BCUT2D eigenvalue weighted by Crippen LogP contribution is -2.40. The van der Waals surface area contributed by atoms with Gasteiger partial charge in [-0.25, -0.2) is 4.79 Å². The summed E-state index contributed by atoms with van der Waals surface area (Å²) in [4.78, 5) is 19.4. The second kappa shape index (κ2) is 5.66. The fourth-order valence-electron chi connectivity index (χ4n) is 3.12. The highest BCUT2D eigenvalue weighted by Gasteiger charge is 2.36. The third-order valence-corrected chi connectivity index (χ3v) is 4.43. The summed E-state index contributed by atoms with van der Waals surface area (Å²) in [5.41, 5.74) is 1.90. The molecule has 108 valence electrons. The van der Waals surface area contributed by atoms with E-state index in [0.717, 1.165) is 18.6 Å². The number of rotatable bonds is 2. The molecule has 0 saturated carbocycles. The van der Waals surface area contributed by atoms with Crippen LogP contribution in [0.25, 0.3) is 0 Å². The highest BCUT2D eigenvalue weighted by molar-refractivity contribution is 5.91. The zero-order valence-electron chi connectivity index (χ0n) is 12.0. The fraction of sp³-hybridized carbons (Fsp3) is 0.438. The Balaban J connectivity index is 1.63. The molecular weight excluding hydrogens is 266 g/mol. The van der Waals surface area contributed by atoms with Gasteiger partial charge in [-0.3, -0.25) is 4.90 Å². The van der Waals surface area contributed by atoms with Crippen LogP contribution in [0.1, 0.15) is 41.6 Å². The molecule has 3 rings (SSSR count). The second-order valence-corrected chi connectivity index (χ2v) is 5.68. The third kappa shape index (κ3) is 2.81. The van der Waals surface area contributed by atoms with Gasteiger partial charge in [0.05, 0.1) is 22.9 Å². The van der Waals surface area contributed by atoms with E-state index >= 15 is 0 Å². The van der Waals surface area contributed by atoms with Crippen molar-refractivity contribution in [3.63, 3.8) is 0 Å². The Kier molecular flexibility index (Phi) is 3.72. The molecule has 0 aromatic heterocycles. The van der Waals surface area contributed by atoms with Crippen LogP contribution in [0.4, 0.5) is 0 Å². The number of nitriles is 1. The molecule has 0 aliphatic carbocycles. The van der Waals surface area contributed by atoms with Gasteiger partial charge in [0, 0.05) is 24.9 Å². The zero-order valence-corrected chi connectivity index (χ0v) is 12.0. The van der Waals surface area contributed by atoms with Gasteiger partial charge in [-0.15, -0.1) is 0 Å². The van der Waals surface area contributed by atoms with Crippen molar-refractivity contribution < 1.29 is 9.63 Å². The number of hydrogen-bond acceptors (Lipinski definition) is 5. The predicted molar refractivity (Wildman–Crippen MR) is 77.8 cm³/mol. The van der Waals surface area contributed by atoms with Gasteiger partial charge in [-0.05, 0) is 44.2 Å². The Labute approximate surface area is 123 Å². The normalized spacial score (nSPS) is 24.5. The summed E-state index contributed by atoms with van der Waals surface area (Å²) in [6, 6.07) is 9.45. The minimum Gasteiger partial charge on any atom is -0.313 e. The molecule has 2 heterocycles. The van der Waals surface area contributed by atoms with Crippen LogP contribution in [0.2, 0.25) is 0 Å². The van der Waals surface area contributed by atoms with Crippen LogP contribution in [-0.2, 0) is 4.84 Å². The maximum Gasteiger partial charge on any atom is 0.365 e. The van der Waals surface area contributed by atoms with E-state index in [0.29, 0.717) is 23.2 Å². The Morgan fingerprint density at radius 1 is 1.29 bits per heavy atom. The number of piperidine rings is 1. The van der Waals surface area contributed by atoms with Crippen molar-refractivity contribution in [3.05, 3.63) is 35.4 Å². The first-order valence-electron chi connectivity index (χ1n) is 7.16. The summed E-state index contributed by atoms with van der Waals surface area (Å²) >= 11 is 0. The topological polar surface area (TPSA) is 65.7 Å². The van der Waals surface area contributed by atoms with Gasteiger partial charge in [-0.1, -0.05) is 5.16 Å². The maximum atomic E-state index is 11.9. The molecule has 1 aromatic rings. The van der Waals surface area contributed by atoms with Crippen LogP contribution in [0.15, 0.2) is 29.4 Å². The molecule has 2 fully saturated rings. The van der Waals surface area contributed by atoms with E-state index in [1.165, 1.54) is 12.8 Å². The number of carbonyl (C=O) groups is 1. The monoisotopic (exact) mass is 283 g/mol. The lowest BCUT2D eigenvalue weighted by Gasteiger charge is -2.31. The maximum absolute atomic E-state index is 11.9. The number of oxime groups is 1. The zero-order chi connectivity index (χ0) is 14.8. The van der Waals surface area contributed by atoms with E-state index < -0.39 is 5.97 Å². The van der Waals surface area contributed by atoms with E-state index in [1.807, 2.05) is 6.07 Å². The van der Waals surface area contributed by atoms with Gasteiger partial charge < -0.3 is 4.84 Å². The van der Waals surface area contributed by atoms with Crippen LogP contribution < -0.4 is 0 Å². The van der Waals surface area contributed by atoms with Crippen molar-refractivity contribution in [2.45, 2.75) is 37.8 Å². The molecule has 2 aliphatic rings. The molecule has 2 unspecified atom stereocenters. The summed E-state index contributed by atoms with van der Waals surface area (Å²) in [7, 11) is 2.15. The van der Waals surface area contributed by atoms with Gasteiger partial charge in [-0.2, -0.15) is 5.26 Å². The SMILES string of the molecule is CN1C2CCC1CC(=NOC(=O)c1ccc(C#N)cc1)C2. The fourth-order valence-corrected chi connectivity index (χ4v) is 3.12. The van der Waals surface area contributed by atoms with Crippen LogP contribution in [0.3, 0.4) is 0 Å². The number of fused-ring (bicyclic) bond motifs is 2. The smallest absolute Gasteiger partial charge is 0.313 e. The summed E-state index contributed by atoms with van der Waals surface area (Å²) in [5, 5.41) is 12.8. The summed E-state index contributed by atoms with van der Waals surface area (Å²) in [6.07, 6.45) is 4.16. The largest absolute Gasteiger partial charge is 0.365 e. The standard InChI is InChI=1S/C16H17N3O2/c1-19-14-6-7-15(19)9-13(8-14)18-21-16(20)12-4-2-11(10-17)3-5-12/h2-5,14-15H,6-9H2,1H3. The first-order chi connectivity index (χ1) is 10.2. The quantitative estimate of drug-likeness (QED) is 0.617. The number of nitrogens with zero attached hydrogens (tertiary/aromatic N) is 3. The summed E-state index contributed by atoms with van der Waals surface area (Å²) in [5.74, 6) is -0.474. The molecule has 2 atom stereocenters. The van der Waals surface area contributed by atoms with Crippen molar-refractivity contribution in [2.24, 2.45) is 5.16 Å². The Bertz CT molecular complexity index is 599. The third-order valence-electron chi connectivity index (χ3n) is 4.43. The predicted octanol–water partition coefficient (Wildman–Crippen LogP) is 2.33. The van der Waals surface area contributed by atoms with E-state index in [-0.39, 0.29) is 0 Å². The van der Waals surface area contributed by atoms with Crippen LogP contribution in [0, 0.1) is 11.3 Å². The molecule has 0 radical (unpaired) electrons. The molecule has 0 spiro atoms. The van der Waals surface area contributed by atoms with Gasteiger partial charge in [0.2, 0.25) is 0 Å². The van der Waals surface area contributed by atoms with E-state index in [2.05, 4.69) is 17.1 Å². The van der Waals surface area contributed by atoms with Crippen LogP contribution >= 0.6 is 0 Å². The highest BCUT2D eigenvalue weighted by atomic mass is 16.7. The highest BCUT2D eigenvalue weighted by Crippen LogP contribution is 2.32. The van der Waals surface area contributed by atoms with Gasteiger partial charge in [0.15, 0.2) is 0 Å². The molecule has 5 nitrogen and oxygen atoms in total. The van der Waals surface area contributed by atoms with Crippen molar-refractivity contribution in [2.75, 3.05) is 7.05 Å². The Morgan fingerprint density at radius 2 is 1.90 bits per heavy atom. The Hall–Kier alpha value is -2.19. The van der Waals surface area contributed by atoms with Gasteiger partial charge in [0.25, 0.3) is 0 Å². The minimum atomic E-state index is -0.474. The number of benzene rings is 1. The van der Waals surface area contributed by atoms with Crippen molar-refractivity contribution in [3.8, 4) is 6.07 Å². The molecular formula is C16H17N3O2. The van der Waals surface area contributed by atoms with Crippen molar-refractivity contribution in [1.29, 1.82) is 5.26 Å². The van der Waals surface area contributed by atoms with Crippen molar-refractivity contribution >= 4 is 11.7 Å². The lowest BCUT2D eigenvalue weighted by atomic mass is 10.0. The van der Waals surface area contributed by atoms with Gasteiger partial charge in [0.1, 0.15) is 0 Å². The molecule has 0 amide bonds. The van der Waals surface area contributed by atoms with E-state index in [1.54, 1.807) is 24.3 Å². The first-order valence-corrected chi connectivity index (χ1v) is 7.16. The molecule has 2 bridgehead atoms. The Morgan fingerprint density at radius 3 is 2.48 bits per heavy atom. The molecule has 2 saturated heterocycles. The minimum absolute atomic E-state index is 0.411. The van der Waals surface area contributed by atoms with Gasteiger partial charge >= 0.3 is 5.97 Å². The molecule has 21 heavy (non-hydrogen) atoms. The average molecular weight is 283 g/mol. The number of carbonyl (C=O) groups excluding carboxylic acids is 1. The summed E-state index contributed by atoms with van der Waals surface area (Å²) < 4.78 is 0. The van der Waals surface area contributed by atoms with Crippen LogP contribution in [0.5, 0.6) is 0 Å². The van der Waals surface area contributed by atoms with Crippen molar-refractivity contribution in [1.82, 2.24) is 4.90 Å². The van der Waals surface area contributed by atoms with E-state index in [9.17, 15) is 4.79 Å². The second-order valence-electron chi connectivity index (χ2n) is 5.68. The molecule has 0 N–H and O–H groups in total. The average Bonchev–Trinajstić information content (AvgIpc) is 2.75. The van der Waals surface area contributed by atoms with Crippen LogP contribution in [-0.4, -0.2) is 35.7 Å². The molecule has 1 aromatic carbocycles. The van der Waals surface area contributed by atoms with E-state index in [4.69, 9.17) is 10.1 Å². The lowest BCUT2D eigenvalue weighted by molar-refractivity contribution is 0.0510. The number of hydrogen-bond donors (Lipinski definition) is 0.